The van der Waals surface area contributed by atoms with E-state index in [1.807, 2.05) is 11.3 Å². The predicted molar refractivity (Wildman–Crippen MR) is 217 cm³/mol. The van der Waals surface area contributed by atoms with Gasteiger partial charge in [0.2, 0.25) is 14.0 Å². The van der Waals surface area contributed by atoms with Crippen LogP contribution in [-0.2, 0) is 0 Å². The lowest BCUT2D eigenvalue weighted by Crippen LogP contribution is -2.73. The maximum atomic E-state index is 5.85. The lowest BCUT2D eigenvalue weighted by atomic mass is 10.0. The molecule has 4 heterocycles. The van der Waals surface area contributed by atoms with Crippen LogP contribution in [0.25, 0.3) is 70.3 Å². The quantitative estimate of drug-likeness (QED) is 0.174. The van der Waals surface area contributed by atoms with E-state index in [4.69, 9.17) is 9.97 Å². The van der Waals surface area contributed by atoms with Crippen LogP contribution in [0, 0.1) is 0 Å². The van der Waals surface area contributed by atoms with Crippen molar-refractivity contribution in [3.8, 4) is 28.3 Å². The number of rotatable bonds is 4. The van der Waals surface area contributed by atoms with Gasteiger partial charge in [0.05, 0.1) is 22.0 Å². The molecule has 0 N–H and O–H groups in total. The Morgan fingerprint density at radius 3 is 1.86 bits per heavy atom. The molecule has 0 aliphatic carbocycles. The van der Waals surface area contributed by atoms with Gasteiger partial charge in [0, 0.05) is 42.1 Å². The highest BCUT2D eigenvalue weighted by molar-refractivity contribution is 7.26. The van der Waals surface area contributed by atoms with Crippen LogP contribution in [-0.4, -0.2) is 22.6 Å². The summed E-state index contributed by atoms with van der Waals surface area (Å²) in [6.07, 6.45) is 0. The summed E-state index contributed by atoms with van der Waals surface area (Å²) >= 11 is 1.86. The molecule has 3 aromatic heterocycles. The Balaban J connectivity index is 1.33. The molecule has 0 saturated carbocycles. The van der Waals surface area contributed by atoms with Crippen LogP contribution in [0.5, 0.6) is 0 Å². The summed E-state index contributed by atoms with van der Waals surface area (Å²) in [6.45, 7) is 0. The Hall–Kier alpha value is -6.14. The van der Waals surface area contributed by atoms with Crippen LogP contribution in [0.3, 0.4) is 0 Å². The monoisotopic (exact) mass is 683 g/mol. The van der Waals surface area contributed by atoms with E-state index in [-0.39, 0.29) is 0 Å². The van der Waals surface area contributed by atoms with Crippen LogP contribution in [0.4, 0.5) is 0 Å². The van der Waals surface area contributed by atoms with Crippen molar-refractivity contribution in [1.82, 2.24) is 14.5 Å². The molecular formula is C46H29N3SSi. The average Bonchev–Trinajstić information content (AvgIpc) is 3.85. The molecule has 0 saturated heterocycles. The van der Waals surface area contributed by atoms with Crippen molar-refractivity contribution < 1.29 is 0 Å². The number of thiophene rings is 1. The van der Waals surface area contributed by atoms with Gasteiger partial charge in [-0.2, -0.15) is 0 Å². The van der Waals surface area contributed by atoms with Crippen molar-refractivity contribution >= 4 is 82.3 Å². The number of nitrogens with zero attached hydrogens (tertiary/aromatic N) is 3. The Kier molecular flexibility index (Phi) is 6.14. The average molecular weight is 684 g/mol. The molecule has 1 aliphatic rings. The predicted octanol–water partition coefficient (Wildman–Crippen LogP) is 8.97. The van der Waals surface area contributed by atoms with Crippen molar-refractivity contribution in [3.05, 3.63) is 176 Å². The van der Waals surface area contributed by atoms with Crippen molar-refractivity contribution in [3.63, 3.8) is 0 Å². The van der Waals surface area contributed by atoms with Gasteiger partial charge in [-0.1, -0.05) is 152 Å². The van der Waals surface area contributed by atoms with Crippen molar-refractivity contribution in [1.29, 1.82) is 0 Å². The standard InChI is InChI=1S/C46H29N3SSi/c1-4-16-30(17-5-1)44-43-35-24-12-15-27-40(35)51(31-18-6-2-7-19-31,32-20-8-3-9-21-32)45(43)48-46(47-44)49-36-25-13-10-22-33(36)41-37(49)28-29-39-42(41)34-23-11-14-26-38(34)50-39/h1-29H. The zero-order chi connectivity index (χ0) is 33.5. The minimum Gasteiger partial charge on any atom is -0.278 e. The minimum absolute atomic E-state index is 0.703. The Labute approximate surface area is 299 Å². The molecule has 7 aromatic carbocycles. The Morgan fingerprint density at radius 2 is 1.10 bits per heavy atom. The number of benzene rings is 7. The van der Waals surface area contributed by atoms with E-state index in [1.54, 1.807) is 0 Å². The fourth-order valence-corrected chi connectivity index (χ4v) is 14.8. The van der Waals surface area contributed by atoms with Crippen molar-refractivity contribution in [2.75, 3.05) is 0 Å². The smallest absolute Gasteiger partial charge is 0.235 e. The third-order valence-electron chi connectivity index (χ3n) is 10.7. The summed E-state index contributed by atoms with van der Waals surface area (Å²) in [5, 5.41) is 10.2. The Bertz CT molecular complexity index is 2930. The van der Waals surface area contributed by atoms with E-state index >= 15 is 0 Å². The molecule has 3 nitrogen and oxygen atoms in total. The first-order chi connectivity index (χ1) is 25.3. The van der Waals surface area contributed by atoms with Crippen molar-refractivity contribution in [2.24, 2.45) is 0 Å². The van der Waals surface area contributed by atoms with Gasteiger partial charge in [-0.3, -0.25) is 4.57 Å². The fourth-order valence-electron chi connectivity index (χ4n) is 8.65. The first kappa shape index (κ1) is 28.7. The van der Waals surface area contributed by atoms with Gasteiger partial charge in [-0.15, -0.1) is 11.3 Å². The van der Waals surface area contributed by atoms with Crippen LogP contribution < -0.4 is 20.9 Å². The molecule has 0 fully saturated rings. The van der Waals surface area contributed by atoms with E-state index in [0.717, 1.165) is 33.2 Å². The molecular weight excluding hydrogens is 655 g/mol. The zero-order valence-electron chi connectivity index (χ0n) is 27.5. The number of hydrogen-bond acceptors (Lipinski definition) is 3. The van der Waals surface area contributed by atoms with Gasteiger partial charge in [-0.05, 0) is 45.4 Å². The summed E-state index contributed by atoms with van der Waals surface area (Å²) in [4.78, 5) is 11.5. The zero-order valence-corrected chi connectivity index (χ0v) is 29.3. The van der Waals surface area contributed by atoms with Gasteiger partial charge in [0.1, 0.15) is 0 Å². The lowest BCUT2D eigenvalue weighted by Gasteiger charge is -2.30. The molecule has 51 heavy (non-hydrogen) atoms. The number of fused-ring (bicyclic) bond motifs is 10. The van der Waals surface area contributed by atoms with Crippen LogP contribution >= 0.6 is 11.3 Å². The summed E-state index contributed by atoms with van der Waals surface area (Å²) in [6, 6.07) is 64.0. The van der Waals surface area contributed by atoms with E-state index < -0.39 is 8.07 Å². The fraction of sp³-hybridized carbons (Fsp3) is 0. The van der Waals surface area contributed by atoms with Gasteiger partial charge in [0.15, 0.2) is 0 Å². The molecule has 0 bridgehead atoms. The second-order valence-corrected chi connectivity index (χ2v) is 18.0. The molecule has 0 unspecified atom stereocenters. The first-order valence-electron chi connectivity index (χ1n) is 17.3. The number of aromatic nitrogens is 3. The lowest BCUT2D eigenvalue weighted by molar-refractivity contribution is 1.01. The highest BCUT2D eigenvalue weighted by Crippen LogP contribution is 2.43. The third-order valence-corrected chi connectivity index (χ3v) is 16.5. The molecule has 11 rings (SSSR count). The molecule has 10 aromatic rings. The molecule has 0 amide bonds. The normalized spacial score (nSPS) is 13.3. The molecule has 5 heteroatoms. The van der Waals surface area contributed by atoms with Gasteiger partial charge < -0.3 is 0 Å². The van der Waals surface area contributed by atoms with Crippen molar-refractivity contribution in [2.45, 2.75) is 0 Å². The molecule has 238 valence electrons. The van der Waals surface area contributed by atoms with E-state index in [1.165, 1.54) is 52.1 Å². The van der Waals surface area contributed by atoms with Crippen LogP contribution in [0.2, 0.25) is 0 Å². The van der Waals surface area contributed by atoms with E-state index in [0.29, 0.717) is 5.95 Å². The number of hydrogen-bond donors (Lipinski definition) is 0. The van der Waals surface area contributed by atoms with Gasteiger partial charge >= 0.3 is 0 Å². The Morgan fingerprint density at radius 1 is 0.471 bits per heavy atom. The van der Waals surface area contributed by atoms with Gasteiger partial charge in [0.25, 0.3) is 0 Å². The largest absolute Gasteiger partial charge is 0.278 e. The summed E-state index contributed by atoms with van der Waals surface area (Å²) in [5.41, 5.74) is 6.66. The molecule has 0 spiro atoms. The molecule has 0 atom stereocenters. The number of para-hydroxylation sites is 1. The maximum Gasteiger partial charge on any atom is 0.235 e. The molecule has 1 aliphatic heterocycles. The third kappa shape index (κ3) is 3.93. The minimum atomic E-state index is -2.90. The highest BCUT2D eigenvalue weighted by Gasteiger charge is 2.51. The maximum absolute atomic E-state index is 5.85. The first-order valence-corrected chi connectivity index (χ1v) is 20.2. The van der Waals surface area contributed by atoms with Gasteiger partial charge in [-0.25, -0.2) is 9.97 Å². The summed E-state index contributed by atoms with van der Waals surface area (Å²) < 4.78 is 4.92. The second kappa shape index (κ2) is 10.9. The van der Waals surface area contributed by atoms with Crippen LogP contribution in [0.15, 0.2) is 176 Å². The molecule has 0 radical (unpaired) electrons. The van der Waals surface area contributed by atoms with Crippen LogP contribution in [0.1, 0.15) is 0 Å². The second-order valence-electron chi connectivity index (χ2n) is 13.3. The van der Waals surface area contributed by atoms with E-state index in [9.17, 15) is 0 Å². The summed E-state index contributed by atoms with van der Waals surface area (Å²) in [7, 11) is -2.90. The van der Waals surface area contributed by atoms with E-state index in [2.05, 4.69) is 180 Å². The topological polar surface area (TPSA) is 30.7 Å². The highest BCUT2D eigenvalue weighted by atomic mass is 32.1. The summed E-state index contributed by atoms with van der Waals surface area (Å²) in [5.74, 6) is 0.703. The SMILES string of the molecule is c1ccc(-c2nc(-n3c4ccccc4c4c5c(ccc43)sc3ccccc35)nc3c2-c2ccccc2[Si]3(c2ccccc2)c2ccccc2)cc1.